The van der Waals surface area contributed by atoms with Crippen molar-refractivity contribution in [2.24, 2.45) is 0 Å². The summed E-state index contributed by atoms with van der Waals surface area (Å²) in [5.74, 6) is -1.51. The van der Waals surface area contributed by atoms with E-state index in [1.165, 1.54) is 37.8 Å². The molecular weight excluding hydrogens is 270 g/mol. The van der Waals surface area contributed by atoms with Crippen LogP contribution in [0.1, 0.15) is 44.6 Å². The molecule has 2 fully saturated rings. The zero-order chi connectivity index (χ0) is 14.9. The van der Waals surface area contributed by atoms with E-state index in [9.17, 15) is 8.78 Å². The SMILES string of the molecule is CCC1CNC2(CCCC2)CN1Cc1ccc(F)c(F)c1. The first-order valence-corrected chi connectivity index (χ1v) is 8.05. The number of nitrogens with one attached hydrogen (secondary N) is 1. The van der Waals surface area contributed by atoms with Crippen LogP contribution in [0.5, 0.6) is 0 Å². The monoisotopic (exact) mass is 294 g/mol. The van der Waals surface area contributed by atoms with E-state index in [2.05, 4.69) is 17.1 Å². The Morgan fingerprint density at radius 3 is 2.67 bits per heavy atom. The van der Waals surface area contributed by atoms with Crippen molar-refractivity contribution in [3.05, 3.63) is 35.4 Å². The third-order valence-electron chi connectivity index (χ3n) is 5.14. The highest BCUT2D eigenvalue weighted by molar-refractivity contribution is 5.18. The molecule has 0 aromatic heterocycles. The molecule has 1 spiro atoms. The lowest BCUT2D eigenvalue weighted by Crippen LogP contribution is -2.62. The molecule has 1 aliphatic heterocycles. The summed E-state index contributed by atoms with van der Waals surface area (Å²) in [5, 5.41) is 3.76. The number of piperazine rings is 1. The lowest BCUT2D eigenvalue weighted by molar-refractivity contribution is 0.0717. The Morgan fingerprint density at radius 1 is 1.24 bits per heavy atom. The van der Waals surface area contributed by atoms with Crippen molar-refractivity contribution in [1.29, 1.82) is 0 Å². The highest BCUT2D eigenvalue weighted by Gasteiger charge is 2.40. The van der Waals surface area contributed by atoms with E-state index in [1.54, 1.807) is 6.07 Å². The smallest absolute Gasteiger partial charge is 0.159 e. The van der Waals surface area contributed by atoms with Crippen molar-refractivity contribution in [2.75, 3.05) is 13.1 Å². The Kier molecular flexibility index (Phi) is 4.27. The van der Waals surface area contributed by atoms with Crippen LogP contribution >= 0.6 is 0 Å². The van der Waals surface area contributed by atoms with Gasteiger partial charge in [-0.05, 0) is 37.0 Å². The number of hydrogen-bond acceptors (Lipinski definition) is 2. The van der Waals surface area contributed by atoms with Crippen molar-refractivity contribution in [2.45, 2.75) is 57.2 Å². The highest BCUT2D eigenvalue weighted by atomic mass is 19.2. The third kappa shape index (κ3) is 3.11. The van der Waals surface area contributed by atoms with Crippen molar-refractivity contribution in [3.8, 4) is 0 Å². The minimum Gasteiger partial charge on any atom is -0.308 e. The second-order valence-electron chi connectivity index (χ2n) is 6.58. The summed E-state index contributed by atoms with van der Waals surface area (Å²) in [6, 6.07) is 4.75. The zero-order valence-corrected chi connectivity index (χ0v) is 12.7. The molecule has 4 heteroatoms. The van der Waals surface area contributed by atoms with Crippen molar-refractivity contribution in [1.82, 2.24) is 10.2 Å². The normalized spacial score (nSPS) is 25.6. The number of rotatable bonds is 3. The van der Waals surface area contributed by atoms with E-state index < -0.39 is 11.6 Å². The van der Waals surface area contributed by atoms with E-state index >= 15 is 0 Å². The molecule has 3 rings (SSSR count). The molecule has 0 amide bonds. The summed E-state index contributed by atoms with van der Waals surface area (Å²) in [6.07, 6.45) is 6.13. The van der Waals surface area contributed by atoms with Gasteiger partial charge in [0.15, 0.2) is 11.6 Å². The molecule has 1 aromatic rings. The lowest BCUT2D eigenvalue weighted by Gasteiger charge is -2.46. The Hall–Kier alpha value is -1.00. The quantitative estimate of drug-likeness (QED) is 0.918. The fourth-order valence-electron chi connectivity index (χ4n) is 3.88. The fourth-order valence-corrected chi connectivity index (χ4v) is 3.88. The molecule has 0 radical (unpaired) electrons. The summed E-state index contributed by atoms with van der Waals surface area (Å²) in [6.45, 7) is 4.92. The van der Waals surface area contributed by atoms with Crippen LogP contribution in [0.15, 0.2) is 18.2 Å². The molecule has 1 aliphatic carbocycles. The van der Waals surface area contributed by atoms with Gasteiger partial charge in [-0.15, -0.1) is 0 Å². The van der Waals surface area contributed by atoms with Gasteiger partial charge in [0.05, 0.1) is 0 Å². The van der Waals surface area contributed by atoms with Gasteiger partial charge in [-0.3, -0.25) is 4.90 Å². The van der Waals surface area contributed by atoms with Crippen LogP contribution in [-0.4, -0.2) is 29.6 Å². The van der Waals surface area contributed by atoms with Crippen LogP contribution in [0.3, 0.4) is 0 Å². The summed E-state index contributed by atoms with van der Waals surface area (Å²) >= 11 is 0. The van der Waals surface area contributed by atoms with Crippen LogP contribution in [0.25, 0.3) is 0 Å². The summed E-state index contributed by atoms with van der Waals surface area (Å²) in [5.41, 5.74) is 1.12. The second-order valence-corrected chi connectivity index (χ2v) is 6.58. The Morgan fingerprint density at radius 2 is 2.00 bits per heavy atom. The lowest BCUT2D eigenvalue weighted by atomic mass is 9.91. The Bertz CT molecular complexity index is 498. The van der Waals surface area contributed by atoms with Crippen LogP contribution in [0, 0.1) is 11.6 Å². The molecule has 0 bridgehead atoms. The maximum atomic E-state index is 13.4. The molecule has 1 atom stereocenters. The first kappa shape index (κ1) is 14.9. The molecule has 1 heterocycles. The van der Waals surface area contributed by atoms with Gasteiger partial charge < -0.3 is 5.32 Å². The topological polar surface area (TPSA) is 15.3 Å². The maximum absolute atomic E-state index is 13.4. The van der Waals surface area contributed by atoms with E-state index in [4.69, 9.17) is 0 Å². The molecular formula is C17H24F2N2. The fraction of sp³-hybridized carbons (Fsp3) is 0.647. The molecule has 1 saturated carbocycles. The molecule has 1 aromatic carbocycles. The van der Waals surface area contributed by atoms with Gasteiger partial charge in [0.2, 0.25) is 0 Å². The van der Waals surface area contributed by atoms with Gasteiger partial charge >= 0.3 is 0 Å². The predicted molar refractivity (Wildman–Crippen MR) is 80.0 cm³/mol. The number of benzene rings is 1. The van der Waals surface area contributed by atoms with Crippen molar-refractivity contribution >= 4 is 0 Å². The van der Waals surface area contributed by atoms with Gasteiger partial charge in [-0.2, -0.15) is 0 Å². The first-order valence-electron chi connectivity index (χ1n) is 8.05. The second kappa shape index (κ2) is 6.01. The van der Waals surface area contributed by atoms with Gasteiger partial charge in [0.25, 0.3) is 0 Å². The van der Waals surface area contributed by atoms with Crippen LogP contribution in [0.4, 0.5) is 8.78 Å². The summed E-state index contributed by atoms with van der Waals surface area (Å²) < 4.78 is 26.5. The third-order valence-corrected chi connectivity index (χ3v) is 5.14. The molecule has 2 aliphatic rings. The molecule has 2 nitrogen and oxygen atoms in total. The largest absolute Gasteiger partial charge is 0.308 e. The maximum Gasteiger partial charge on any atom is 0.159 e. The van der Waals surface area contributed by atoms with Crippen molar-refractivity contribution < 1.29 is 8.78 Å². The zero-order valence-electron chi connectivity index (χ0n) is 12.7. The van der Waals surface area contributed by atoms with Crippen molar-refractivity contribution in [3.63, 3.8) is 0 Å². The van der Waals surface area contributed by atoms with E-state index in [-0.39, 0.29) is 5.54 Å². The highest BCUT2D eigenvalue weighted by Crippen LogP contribution is 2.34. The minimum atomic E-state index is -0.765. The van der Waals surface area contributed by atoms with E-state index in [0.29, 0.717) is 12.6 Å². The van der Waals surface area contributed by atoms with Gasteiger partial charge in [0.1, 0.15) is 0 Å². The molecule has 1 N–H and O–H groups in total. The van der Waals surface area contributed by atoms with Gasteiger partial charge in [-0.1, -0.05) is 25.8 Å². The standard InChI is InChI=1S/C17H24F2N2/c1-2-14-10-20-17(7-3-4-8-17)12-21(14)11-13-5-6-15(18)16(19)9-13/h5-6,9,14,20H,2-4,7-8,10-12H2,1H3. The molecule has 1 saturated heterocycles. The van der Waals surface area contributed by atoms with E-state index in [0.717, 1.165) is 25.1 Å². The number of nitrogens with zero attached hydrogens (tertiary/aromatic N) is 1. The average Bonchev–Trinajstić information content (AvgIpc) is 2.91. The minimum absolute atomic E-state index is 0.254. The summed E-state index contributed by atoms with van der Waals surface area (Å²) in [4.78, 5) is 2.45. The number of halogens is 2. The molecule has 116 valence electrons. The van der Waals surface area contributed by atoms with Crippen LogP contribution < -0.4 is 5.32 Å². The van der Waals surface area contributed by atoms with Crippen LogP contribution in [-0.2, 0) is 6.54 Å². The first-order chi connectivity index (χ1) is 10.1. The van der Waals surface area contributed by atoms with Gasteiger partial charge in [-0.25, -0.2) is 8.78 Å². The molecule has 21 heavy (non-hydrogen) atoms. The number of hydrogen-bond donors (Lipinski definition) is 1. The Balaban J connectivity index is 1.75. The van der Waals surface area contributed by atoms with Crippen LogP contribution in [0.2, 0.25) is 0 Å². The van der Waals surface area contributed by atoms with E-state index in [1.807, 2.05) is 0 Å². The van der Waals surface area contributed by atoms with Gasteiger partial charge in [0, 0.05) is 31.2 Å². The molecule has 1 unspecified atom stereocenters. The summed E-state index contributed by atoms with van der Waals surface area (Å²) in [7, 11) is 0. The predicted octanol–water partition coefficient (Wildman–Crippen LogP) is 3.46. The Labute approximate surface area is 125 Å². The average molecular weight is 294 g/mol.